The van der Waals surface area contributed by atoms with Crippen molar-refractivity contribution in [1.29, 1.82) is 0 Å². The van der Waals surface area contributed by atoms with Gasteiger partial charge in [-0.3, -0.25) is 4.68 Å². The molecule has 4 rings (SSSR count). The van der Waals surface area contributed by atoms with Gasteiger partial charge in [0.1, 0.15) is 0 Å². The minimum absolute atomic E-state index is 0.161. The van der Waals surface area contributed by atoms with Gasteiger partial charge in [-0.05, 0) is 44.9 Å². The summed E-state index contributed by atoms with van der Waals surface area (Å²) in [7, 11) is 0. The number of piperidine rings is 1. The Kier molecular flexibility index (Phi) is 5.47. The maximum absolute atomic E-state index is 12.8. The summed E-state index contributed by atoms with van der Waals surface area (Å²) in [5.74, 6) is 0. The Balaban J connectivity index is 1.36. The predicted octanol–water partition coefficient (Wildman–Crippen LogP) is 4.57. The molecule has 1 aliphatic rings. The SMILES string of the molecule is Cc1ccc(-n2ncc(NC(=O)N3CCC(n4ccc(C(F)(F)F)n4)CC3)c2C)cc1. The summed E-state index contributed by atoms with van der Waals surface area (Å²) in [6, 6.07) is 8.49. The van der Waals surface area contributed by atoms with Gasteiger partial charge >= 0.3 is 12.2 Å². The number of carbonyl (C=O) groups is 1. The number of hydrogen-bond acceptors (Lipinski definition) is 3. The van der Waals surface area contributed by atoms with Crippen LogP contribution in [0.4, 0.5) is 23.7 Å². The number of nitrogens with one attached hydrogen (secondary N) is 1. The van der Waals surface area contributed by atoms with Crippen molar-refractivity contribution in [2.45, 2.75) is 38.9 Å². The lowest BCUT2D eigenvalue weighted by Crippen LogP contribution is -2.41. The summed E-state index contributed by atoms with van der Waals surface area (Å²) in [6.45, 7) is 4.76. The lowest BCUT2D eigenvalue weighted by molar-refractivity contribution is -0.141. The summed E-state index contributed by atoms with van der Waals surface area (Å²) in [5.41, 5.74) is 2.59. The molecule has 1 fully saturated rings. The Labute approximate surface area is 177 Å². The van der Waals surface area contributed by atoms with E-state index in [-0.39, 0.29) is 12.1 Å². The van der Waals surface area contributed by atoms with E-state index in [1.807, 2.05) is 38.1 Å². The lowest BCUT2D eigenvalue weighted by Gasteiger charge is -2.32. The van der Waals surface area contributed by atoms with Gasteiger partial charge < -0.3 is 10.2 Å². The maximum Gasteiger partial charge on any atom is 0.435 e. The Morgan fingerprint density at radius 1 is 1.10 bits per heavy atom. The molecule has 0 aliphatic carbocycles. The third-order valence-electron chi connectivity index (χ3n) is 5.55. The van der Waals surface area contributed by atoms with Gasteiger partial charge in [0.25, 0.3) is 0 Å². The molecular formula is C21H23F3N6O. The van der Waals surface area contributed by atoms with Crippen molar-refractivity contribution < 1.29 is 18.0 Å². The van der Waals surface area contributed by atoms with Crippen LogP contribution in [-0.2, 0) is 6.18 Å². The molecule has 0 unspecified atom stereocenters. The third kappa shape index (κ3) is 4.42. The highest BCUT2D eigenvalue weighted by atomic mass is 19.4. The summed E-state index contributed by atoms with van der Waals surface area (Å²) in [4.78, 5) is 14.4. The average Bonchev–Trinajstić information content (AvgIpc) is 3.37. The Hall–Kier alpha value is -3.30. The fraction of sp³-hybridized carbons (Fsp3) is 0.381. The molecule has 1 aromatic carbocycles. The van der Waals surface area contributed by atoms with E-state index in [1.165, 1.54) is 10.9 Å². The van der Waals surface area contributed by atoms with Crippen molar-refractivity contribution in [3.63, 3.8) is 0 Å². The molecule has 31 heavy (non-hydrogen) atoms. The van der Waals surface area contributed by atoms with Crippen LogP contribution in [0.5, 0.6) is 0 Å². The number of amides is 2. The van der Waals surface area contributed by atoms with E-state index in [0.29, 0.717) is 31.6 Å². The number of halogens is 3. The second kappa shape index (κ2) is 8.09. The van der Waals surface area contributed by atoms with Gasteiger partial charge in [0, 0.05) is 19.3 Å². The summed E-state index contributed by atoms with van der Waals surface area (Å²) in [5, 5.41) is 10.9. The smallest absolute Gasteiger partial charge is 0.324 e. The van der Waals surface area contributed by atoms with Gasteiger partial charge in [0.05, 0.1) is 29.3 Å². The molecule has 3 heterocycles. The van der Waals surface area contributed by atoms with E-state index >= 15 is 0 Å². The second-order valence-electron chi connectivity index (χ2n) is 7.72. The summed E-state index contributed by atoms with van der Waals surface area (Å²) < 4.78 is 41.4. The van der Waals surface area contributed by atoms with Crippen LogP contribution in [-0.4, -0.2) is 43.6 Å². The number of anilines is 1. The van der Waals surface area contributed by atoms with Crippen LogP contribution >= 0.6 is 0 Å². The topological polar surface area (TPSA) is 68.0 Å². The van der Waals surface area contributed by atoms with Crippen LogP contribution < -0.4 is 5.32 Å². The standard InChI is InChI=1S/C21H23F3N6O/c1-14-3-5-17(6-4-14)30-15(2)18(13-25-30)26-20(31)28-10-7-16(8-11-28)29-12-9-19(27-29)21(22,23)24/h3-6,9,12-13,16H,7-8,10-11H2,1-2H3,(H,26,31). The molecule has 3 aromatic rings. The number of urea groups is 1. The third-order valence-corrected chi connectivity index (χ3v) is 5.55. The number of hydrogen-bond donors (Lipinski definition) is 1. The van der Waals surface area contributed by atoms with Crippen LogP contribution in [0, 0.1) is 13.8 Å². The number of nitrogens with zero attached hydrogens (tertiary/aromatic N) is 5. The van der Waals surface area contributed by atoms with E-state index in [2.05, 4.69) is 15.5 Å². The van der Waals surface area contributed by atoms with E-state index in [4.69, 9.17) is 0 Å². The monoisotopic (exact) mass is 432 g/mol. The first kappa shape index (κ1) is 21.0. The van der Waals surface area contributed by atoms with Gasteiger partial charge in [-0.15, -0.1) is 0 Å². The minimum Gasteiger partial charge on any atom is -0.324 e. The molecule has 0 radical (unpaired) electrons. The number of benzene rings is 1. The Morgan fingerprint density at radius 2 is 1.77 bits per heavy atom. The van der Waals surface area contributed by atoms with Gasteiger partial charge in [-0.1, -0.05) is 17.7 Å². The molecule has 2 amide bonds. The largest absolute Gasteiger partial charge is 0.435 e. The number of aryl methyl sites for hydroxylation is 1. The molecular weight excluding hydrogens is 409 g/mol. The van der Waals surface area contributed by atoms with Crippen molar-refractivity contribution in [1.82, 2.24) is 24.5 Å². The van der Waals surface area contributed by atoms with Crippen LogP contribution in [0.2, 0.25) is 0 Å². The highest BCUT2D eigenvalue weighted by Crippen LogP contribution is 2.30. The number of aromatic nitrogens is 4. The van der Waals surface area contributed by atoms with Crippen molar-refractivity contribution in [3.8, 4) is 5.69 Å². The molecule has 7 nitrogen and oxygen atoms in total. The molecule has 0 saturated carbocycles. The van der Waals surface area contributed by atoms with Crippen molar-refractivity contribution in [3.05, 3.63) is 59.7 Å². The first-order valence-corrected chi connectivity index (χ1v) is 10.0. The highest BCUT2D eigenvalue weighted by molar-refractivity contribution is 5.89. The van der Waals surface area contributed by atoms with E-state index in [9.17, 15) is 18.0 Å². The van der Waals surface area contributed by atoms with E-state index in [0.717, 1.165) is 23.0 Å². The molecule has 10 heteroatoms. The zero-order valence-corrected chi connectivity index (χ0v) is 17.2. The molecule has 0 bridgehead atoms. The van der Waals surface area contributed by atoms with Crippen LogP contribution in [0.3, 0.4) is 0 Å². The van der Waals surface area contributed by atoms with Gasteiger partial charge in [0.2, 0.25) is 0 Å². The van der Waals surface area contributed by atoms with Gasteiger partial charge in [-0.2, -0.15) is 23.4 Å². The predicted molar refractivity (Wildman–Crippen MR) is 109 cm³/mol. The molecule has 1 aliphatic heterocycles. The maximum atomic E-state index is 12.8. The fourth-order valence-electron chi connectivity index (χ4n) is 3.70. The Bertz CT molecular complexity index is 1060. The van der Waals surface area contributed by atoms with Gasteiger partial charge in [0.15, 0.2) is 5.69 Å². The number of rotatable bonds is 3. The number of likely N-dealkylation sites (tertiary alicyclic amines) is 1. The zero-order chi connectivity index (χ0) is 22.2. The quantitative estimate of drug-likeness (QED) is 0.659. The molecule has 164 valence electrons. The fourth-order valence-corrected chi connectivity index (χ4v) is 3.70. The molecule has 0 atom stereocenters. The number of carbonyl (C=O) groups excluding carboxylic acids is 1. The van der Waals surface area contributed by atoms with Crippen molar-refractivity contribution in [2.24, 2.45) is 0 Å². The second-order valence-corrected chi connectivity index (χ2v) is 7.72. The first-order valence-electron chi connectivity index (χ1n) is 10.0. The van der Waals surface area contributed by atoms with Crippen molar-refractivity contribution >= 4 is 11.7 Å². The lowest BCUT2D eigenvalue weighted by atomic mass is 10.1. The summed E-state index contributed by atoms with van der Waals surface area (Å²) in [6.07, 6.45) is -0.414. The van der Waals surface area contributed by atoms with Crippen LogP contribution in [0.15, 0.2) is 42.7 Å². The number of alkyl halides is 3. The van der Waals surface area contributed by atoms with E-state index in [1.54, 1.807) is 15.8 Å². The highest BCUT2D eigenvalue weighted by Gasteiger charge is 2.34. The van der Waals surface area contributed by atoms with Crippen LogP contribution in [0.1, 0.15) is 35.8 Å². The Morgan fingerprint density at radius 3 is 2.39 bits per heavy atom. The molecule has 0 spiro atoms. The first-order chi connectivity index (χ1) is 14.7. The molecule has 1 saturated heterocycles. The average molecular weight is 432 g/mol. The molecule has 1 N–H and O–H groups in total. The van der Waals surface area contributed by atoms with Crippen molar-refractivity contribution in [2.75, 3.05) is 18.4 Å². The van der Waals surface area contributed by atoms with Crippen LogP contribution in [0.25, 0.3) is 5.69 Å². The molecule has 2 aromatic heterocycles. The van der Waals surface area contributed by atoms with Gasteiger partial charge in [-0.25, -0.2) is 9.48 Å². The normalized spacial score (nSPS) is 15.3. The minimum atomic E-state index is -4.45. The zero-order valence-electron chi connectivity index (χ0n) is 17.2. The summed E-state index contributed by atoms with van der Waals surface area (Å²) >= 11 is 0. The van der Waals surface area contributed by atoms with E-state index < -0.39 is 11.9 Å².